The van der Waals surface area contributed by atoms with Crippen molar-refractivity contribution >= 4 is 23.0 Å². The van der Waals surface area contributed by atoms with Gasteiger partial charge in [-0.15, -0.1) is 0 Å². The predicted octanol–water partition coefficient (Wildman–Crippen LogP) is 3.21. The fourth-order valence-electron chi connectivity index (χ4n) is 5.28. The van der Waals surface area contributed by atoms with Gasteiger partial charge in [0.1, 0.15) is 19.0 Å². The molecule has 2 aromatic heterocycles. The van der Waals surface area contributed by atoms with E-state index in [4.69, 9.17) is 28.7 Å². The van der Waals surface area contributed by atoms with Crippen LogP contribution in [0.3, 0.4) is 0 Å². The van der Waals surface area contributed by atoms with E-state index in [0.717, 1.165) is 16.5 Å². The highest BCUT2D eigenvalue weighted by atomic mass is 16.7. The number of rotatable bonds is 10. The Bertz CT molecular complexity index is 1530. The van der Waals surface area contributed by atoms with Crippen molar-refractivity contribution in [1.82, 2.24) is 9.55 Å². The Hall–Kier alpha value is -3.80. The molecule has 0 amide bonds. The molecule has 0 radical (unpaired) electrons. The molecule has 0 fully saturated rings. The number of esters is 1. The minimum Gasteiger partial charge on any atom is -0.458 e. The van der Waals surface area contributed by atoms with Gasteiger partial charge in [-0.3, -0.25) is 4.79 Å². The molecule has 2 aliphatic heterocycles. The second-order valence-electron chi connectivity index (χ2n) is 9.56. The average molecular weight is 553 g/mol. The smallest absolute Gasteiger partial charge is 0.458 e. The van der Waals surface area contributed by atoms with Gasteiger partial charge in [-0.25, -0.2) is 14.6 Å². The van der Waals surface area contributed by atoms with Crippen LogP contribution in [-0.2, 0) is 48.9 Å². The molecule has 5 rings (SSSR count). The van der Waals surface area contributed by atoms with Crippen molar-refractivity contribution in [2.75, 3.05) is 33.0 Å². The van der Waals surface area contributed by atoms with Crippen LogP contribution in [0.1, 0.15) is 49.4 Å². The summed E-state index contributed by atoms with van der Waals surface area (Å²) < 4.78 is 27.7. The fourth-order valence-corrected chi connectivity index (χ4v) is 5.28. The van der Waals surface area contributed by atoms with Crippen molar-refractivity contribution in [3.63, 3.8) is 0 Å². The number of aromatic nitrogens is 2. The summed E-state index contributed by atoms with van der Waals surface area (Å²) in [6.45, 7) is 7.47. The zero-order chi connectivity index (χ0) is 28.4. The molecule has 4 heterocycles. The van der Waals surface area contributed by atoms with Crippen molar-refractivity contribution in [3.05, 3.63) is 56.9 Å². The van der Waals surface area contributed by atoms with E-state index >= 15 is 0 Å². The number of benzene rings is 1. The Morgan fingerprint density at radius 3 is 2.60 bits per heavy atom. The lowest BCUT2D eigenvalue weighted by Gasteiger charge is -2.31. The van der Waals surface area contributed by atoms with Crippen LogP contribution in [0.4, 0.5) is 4.79 Å². The first kappa shape index (κ1) is 27.8. The SMILES string of the molecule is CCOCCOCCOC(=O)Oc1ccc2nc3c(c(CC)c2c1)Cn1c-3cc2c(c1=O)COC(=O)[C@]2(O)CC. The molecule has 3 aromatic rings. The number of aliphatic hydroxyl groups is 1. The number of hydrogen-bond donors (Lipinski definition) is 1. The first-order valence-electron chi connectivity index (χ1n) is 13.4. The van der Waals surface area contributed by atoms with Gasteiger partial charge in [-0.1, -0.05) is 13.8 Å². The van der Waals surface area contributed by atoms with Gasteiger partial charge in [0.15, 0.2) is 5.60 Å². The van der Waals surface area contributed by atoms with Crippen LogP contribution in [0.25, 0.3) is 22.3 Å². The quantitative estimate of drug-likeness (QED) is 0.177. The highest BCUT2D eigenvalue weighted by Crippen LogP contribution is 2.40. The lowest BCUT2D eigenvalue weighted by Crippen LogP contribution is -2.44. The summed E-state index contributed by atoms with van der Waals surface area (Å²) in [5.74, 6) is -0.455. The van der Waals surface area contributed by atoms with Crippen LogP contribution in [-0.4, -0.2) is 59.8 Å². The van der Waals surface area contributed by atoms with E-state index in [2.05, 4.69) is 0 Å². The Morgan fingerprint density at radius 1 is 1.07 bits per heavy atom. The van der Waals surface area contributed by atoms with Gasteiger partial charge < -0.3 is 33.4 Å². The summed E-state index contributed by atoms with van der Waals surface area (Å²) in [7, 11) is 0. The van der Waals surface area contributed by atoms with Crippen molar-refractivity contribution in [1.29, 1.82) is 0 Å². The summed E-state index contributed by atoms with van der Waals surface area (Å²) >= 11 is 0. The first-order chi connectivity index (χ1) is 19.3. The van der Waals surface area contributed by atoms with Gasteiger partial charge in [0.25, 0.3) is 5.56 Å². The molecule has 0 unspecified atom stereocenters. The molecule has 212 valence electrons. The van der Waals surface area contributed by atoms with Gasteiger partial charge >= 0.3 is 12.1 Å². The molecule has 11 heteroatoms. The van der Waals surface area contributed by atoms with Crippen LogP contribution < -0.4 is 10.3 Å². The lowest BCUT2D eigenvalue weighted by atomic mass is 9.86. The van der Waals surface area contributed by atoms with Gasteiger partial charge in [-0.05, 0) is 49.6 Å². The highest BCUT2D eigenvalue weighted by molar-refractivity contribution is 5.90. The number of nitrogens with zero attached hydrogens (tertiary/aromatic N) is 2. The van der Waals surface area contributed by atoms with Crippen molar-refractivity contribution < 1.29 is 38.4 Å². The number of hydrogen-bond acceptors (Lipinski definition) is 10. The molecule has 0 spiro atoms. The number of aryl methyl sites for hydroxylation is 1. The van der Waals surface area contributed by atoms with E-state index in [0.29, 0.717) is 48.9 Å². The average Bonchev–Trinajstić information content (AvgIpc) is 3.32. The number of carbonyl (C=O) groups excluding carboxylic acids is 2. The third-order valence-electron chi connectivity index (χ3n) is 7.36. The molecular formula is C29H32N2O9. The lowest BCUT2D eigenvalue weighted by molar-refractivity contribution is -0.172. The minimum absolute atomic E-state index is 0.0502. The maximum absolute atomic E-state index is 13.5. The highest BCUT2D eigenvalue weighted by Gasteiger charge is 2.45. The number of cyclic esters (lactones) is 1. The van der Waals surface area contributed by atoms with E-state index in [1.54, 1.807) is 35.8 Å². The predicted molar refractivity (Wildman–Crippen MR) is 143 cm³/mol. The molecule has 1 atom stereocenters. The number of pyridine rings is 2. The Kier molecular flexibility index (Phi) is 7.88. The zero-order valence-corrected chi connectivity index (χ0v) is 22.8. The molecule has 0 saturated heterocycles. The van der Waals surface area contributed by atoms with Crippen LogP contribution in [0, 0.1) is 0 Å². The monoisotopic (exact) mass is 552 g/mol. The topological polar surface area (TPSA) is 135 Å². The maximum Gasteiger partial charge on any atom is 0.513 e. The molecule has 0 bridgehead atoms. The van der Waals surface area contributed by atoms with E-state index in [-0.39, 0.29) is 49.5 Å². The zero-order valence-electron chi connectivity index (χ0n) is 22.8. The number of carbonyl (C=O) groups is 2. The maximum atomic E-state index is 13.5. The first-order valence-corrected chi connectivity index (χ1v) is 13.4. The second kappa shape index (κ2) is 11.4. The van der Waals surface area contributed by atoms with Crippen molar-refractivity contribution in [3.8, 4) is 17.1 Å². The van der Waals surface area contributed by atoms with Gasteiger partial charge in [0, 0.05) is 23.1 Å². The molecule has 0 saturated carbocycles. The van der Waals surface area contributed by atoms with E-state index in [9.17, 15) is 19.5 Å². The van der Waals surface area contributed by atoms with Crippen LogP contribution >= 0.6 is 0 Å². The van der Waals surface area contributed by atoms with Crippen LogP contribution in [0.15, 0.2) is 29.1 Å². The summed E-state index contributed by atoms with van der Waals surface area (Å²) in [4.78, 5) is 42.9. The van der Waals surface area contributed by atoms with Crippen LogP contribution in [0.5, 0.6) is 5.75 Å². The second-order valence-corrected chi connectivity index (χ2v) is 9.56. The molecule has 0 aliphatic carbocycles. The molecular weight excluding hydrogens is 520 g/mol. The molecule has 2 aliphatic rings. The standard InChI is InChI=1S/C29H32N2O9/c1-4-18-19-13-17(40-28(34)38-12-11-37-10-9-36-6-3)7-8-23(19)30-25-20(18)15-31-24(25)14-22-21(26(31)32)16-39-27(33)29(22,35)5-2/h7-8,13-14,35H,4-6,9-12,15-16H2,1-3H3/t29-/m0/s1. The number of fused-ring (bicyclic) bond motifs is 5. The number of ether oxygens (including phenoxy) is 5. The summed E-state index contributed by atoms with van der Waals surface area (Å²) in [6, 6.07) is 6.80. The summed E-state index contributed by atoms with van der Waals surface area (Å²) in [5, 5.41) is 11.9. The summed E-state index contributed by atoms with van der Waals surface area (Å²) in [6.07, 6.45) is -0.131. The Morgan fingerprint density at radius 2 is 1.85 bits per heavy atom. The molecule has 40 heavy (non-hydrogen) atoms. The largest absolute Gasteiger partial charge is 0.513 e. The third kappa shape index (κ3) is 4.85. The van der Waals surface area contributed by atoms with Crippen LogP contribution in [0.2, 0.25) is 0 Å². The summed E-state index contributed by atoms with van der Waals surface area (Å²) in [5.41, 5.74) is 2.00. The van der Waals surface area contributed by atoms with Crippen molar-refractivity contribution in [2.45, 2.75) is 52.4 Å². The molecule has 1 N–H and O–H groups in total. The van der Waals surface area contributed by atoms with E-state index < -0.39 is 17.7 Å². The minimum atomic E-state index is -1.88. The van der Waals surface area contributed by atoms with E-state index in [1.165, 1.54) is 0 Å². The Balaban J connectivity index is 1.41. The van der Waals surface area contributed by atoms with Crippen molar-refractivity contribution in [2.24, 2.45) is 0 Å². The van der Waals surface area contributed by atoms with E-state index in [1.807, 2.05) is 13.8 Å². The fraction of sp³-hybridized carbons (Fsp3) is 0.448. The normalized spacial score (nSPS) is 17.2. The van der Waals surface area contributed by atoms with Gasteiger partial charge in [0.2, 0.25) is 0 Å². The molecule has 11 nitrogen and oxygen atoms in total. The Labute approximate surface area is 230 Å². The molecule has 1 aromatic carbocycles. The van der Waals surface area contributed by atoms with Gasteiger partial charge in [0.05, 0.1) is 48.8 Å². The van der Waals surface area contributed by atoms with Gasteiger partial charge in [-0.2, -0.15) is 0 Å². The third-order valence-corrected chi connectivity index (χ3v) is 7.36.